The fourth-order valence-electron chi connectivity index (χ4n) is 2.91. The highest BCUT2D eigenvalue weighted by Crippen LogP contribution is 2.13. The number of carbonyl (C=O) groups excluding carboxylic acids is 2. The summed E-state index contributed by atoms with van der Waals surface area (Å²) < 4.78 is 0. The summed E-state index contributed by atoms with van der Waals surface area (Å²) in [5.41, 5.74) is 0. The van der Waals surface area contributed by atoms with E-state index < -0.39 is 42.0 Å². The van der Waals surface area contributed by atoms with Crippen LogP contribution in [0.15, 0.2) is 0 Å². The highest BCUT2D eigenvalue weighted by molar-refractivity contribution is 6.38. The van der Waals surface area contributed by atoms with E-state index in [1.54, 1.807) is 0 Å². The SMILES string of the molecule is CCCCCCCCCCCCCC(=O)C(=O)[C@H](O)[C@@H](O)[C@H](O)[C@H](O)C(=O)O. The normalized spacial score (nSPS) is 15.6. The second kappa shape index (κ2) is 15.6. The number of aliphatic hydroxyl groups excluding tert-OH is 4. The fourth-order valence-corrected chi connectivity index (χ4v) is 2.91. The van der Waals surface area contributed by atoms with Gasteiger partial charge >= 0.3 is 5.97 Å². The number of carboxylic acids is 1. The molecule has 5 N–H and O–H groups in total. The Morgan fingerprint density at radius 1 is 0.643 bits per heavy atom. The third-order valence-corrected chi connectivity index (χ3v) is 4.80. The molecule has 0 fully saturated rings. The first-order valence-corrected chi connectivity index (χ1v) is 10.3. The van der Waals surface area contributed by atoms with E-state index in [-0.39, 0.29) is 6.42 Å². The van der Waals surface area contributed by atoms with Crippen molar-refractivity contribution in [3.63, 3.8) is 0 Å². The molecule has 0 aliphatic heterocycles. The van der Waals surface area contributed by atoms with Gasteiger partial charge in [-0.25, -0.2) is 4.79 Å². The molecule has 0 saturated carbocycles. The summed E-state index contributed by atoms with van der Waals surface area (Å²) in [7, 11) is 0. The van der Waals surface area contributed by atoms with Crippen molar-refractivity contribution in [1.82, 2.24) is 0 Å². The van der Waals surface area contributed by atoms with E-state index in [1.807, 2.05) is 0 Å². The first kappa shape index (κ1) is 26.6. The molecule has 0 aromatic heterocycles. The molecule has 0 heterocycles. The highest BCUT2D eigenvalue weighted by Gasteiger charge is 2.38. The van der Waals surface area contributed by atoms with Crippen LogP contribution in [-0.2, 0) is 14.4 Å². The van der Waals surface area contributed by atoms with Gasteiger partial charge in [-0.3, -0.25) is 9.59 Å². The van der Waals surface area contributed by atoms with E-state index in [4.69, 9.17) is 10.2 Å². The average Bonchev–Trinajstić information content (AvgIpc) is 2.68. The van der Waals surface area contributed by atoms with Crippen LogP contribution in [0.25, 0.3) is 0 Å². The summed E-state index contributed by atoms with van der Waals surface area (Å²) in [5.74, 6) is -4.01. The zero-order chi connectivity index (χ0) is 21.5. The van der Waals surface area contributed by atoms with Crippen molar-refractivity contribution >= 4 is 17.5 Å². The molecular weight excluding hydrogens is 368 g/mol. The number of carboxylic acid groups (broad SMARTS) is 1. The molecule has 164 valence electrons. The summed E-state index contributed by atoms with van der Waals surface area (Å²) in [5, 5.41) is 46.3. The number of hydrogen-bond donors (Lipinski definition) is 5. The molecular formula is C20H36O8. The second-order valence-electron chi connectivity index (χ2n) is 7.28. The van der Waals surface area contributed by atoms with E-state index in [0.29, 0.717) is 6.42 Å². The molecule has 0 radical (unpaired) electrons. The van der Waals surface area contributed by atoms with Crippen molar-refractivity contribution in [2.45, 2.75) is 108 Å². The Balaban J connectivity index is 3.94. The van der Waals surface area contributed by atoms with E-state index in [9.17, 15) is 29.7 Å². The lowest BCUT2D eigenvalue weighted by atomic mass is 9.96. The molecule has 28 heavy (non-hydrogen) atoms. The minimum absolute atomic E-state index is 0.0861. The van der Waals surface area contributed by atoms with Crippen molar-refractivity contribution < 1.29 is 39.9 Å². The standard InChI is InChI=1S/C20H36O8/c1-2-3-4-5-6-7-8-9-10-11-12-13-14(21)15(22)16(23)17(24)18(25)19(26)20(27)28/h16-19,23-26H,2-13H2,1H3,(H,27,28)/t16-,17+,18-,19-/m0/s1. The molecule has 0 aromatic carbocycles. The number of carbonyl (C=O) groups is 3. The second-order valence-corrected chi connectivity index (χ2v) is 7.28. The average molecular weight is 404 g/mol. The van der Waals surface area contributed by atoms with Crippen molar-refractivity contribution in [1.29, 1.82) is 0 Å². The van der Waals surface area contributed by atoms with Crippen LogP contribution in [0.1, 0.15) is 84.0 Å². The van der Waals surface area contributed by atoms with Gasteiger partial charge < -0.3 is 25.5 Å². The van der Waals surface area contributed by atoms with Crippen LogP contribution < -0.4 is 0 Å². The van der Waals surface area contributed by atoms with Crippen LogP contribution >= 0.6 is 0 Å². The molecule has 0 bridgehead atoms. The van der Waals surface area contributed by atoms with Gasteiger partial charge in [0.15, 0.2) is 6.10 Å². The fraction of sp³-hybridized carbons (Fsp3) is 0.850. The number of hydrogen-bond acceptors (Lipinski definition) is 7. The Labute approximate surface area is 166 Å². The molecule has 0 saturated heterocycles. The lowest BCUT2D eigenvalue weighted by molar-refractivity contribution is -0.166. The largest absolute Gasteiger partial charge is 0.479 e. The van der Waals surface area contributed by atoms with Crippen LogP contribution in [0.4, 0.5) is 0 Å². The lowest BCUT2D eigenvalue weighted by Crippen LogP contribution is -2.51. The van der Waals surface area contributed by atoms with Gasteiger partial charge in [-0.2, -0.15) is 0 Å². The molecule has 0 aromatic rings. The molecule has 0 rings (SSSR count). The number of rotatable bonds is 18. The minimum atomic E-state index is -2.38. The molecule has 4 atom stereocenters. The summed E-state index contributed by atoms with van der Waals surface area (Å²) in [6.45, 7) is 2.19. The van der Waals surface area contributed by atoms with E-state index in [0.717, 1.165) is 25.7 Å². The van der Waals surface area contributed by atoms with Crippen LogP contribution in [-0.4, -0.2) is 67.5 Å². The number of Topliss-reactive ketones (excluding diaryl/α,β-unsaturated/α-hetero) is 2. The first-order valence-electron chi connectivity index (χ1n) is 10.3. The van der Waals surface area contributed by atoms with E-state index in [1.165, 1.54) is 38.5 Å². The number of ketones is 2. The van der Waals surface area contributed by atoms with Crippen LogP contribution in [0.2, 0.25) is 0 Å². The Kier molecular flexibility index (Phi) is 14.8. The summed E-state index contributed by atoms with van der Waals surface area (Å²) in [6, 6.07) is 0. The van der Waals surface area contributed by atoms with Crippen LogP contribution in [0.3, 0.4) is 0 Å². The molecule has 0 aliphatic rings. The van der Waals surface area contributed by atoms with Gasteiger partial charge in [0, 0.05) is 6.42 Å². The number of aliphatic hydroxyl groups is 4. The predicted molar refractivity (Wildman–Crippen MR) is 103 cm³/mol. The topological polar surface area (TPSA) is 152 Å². The van der Waals surface area contributed by atoms with Gasteiger partial charge in [0.05, 0.1) is 0 Å². The number of aliphatic carboxylic acids is 1. The maximum absolute atomic E-state index is 11.8. The summed E-state index contributed by atoms with van der Waals surface area (Å²) >= 11 is 0. The van der Waals surface area contributed by atoms with Gasteiger partial charge in [-0.1, -0.05) is 71.1 Å². The predicted octanol–water partition coefficient (Wildman–Crippen LogP) is 1.35. The van der Waals surface area contributed by atoms with Gasteiger partial charge in [0.1, 0.15) is 18.3 Å². The highest BCUT2D eigenvalue weighted by atomic mass is 16.4. The third kappa shape index (κ3) is 10.8. The van der Waals surface area contributed by atoms with Crippen LogP contribution in [0, 0.1) is 0 Å². The minimum Gasteiger partial charge on any atom is -0.479 e. The van der Waals surface area contributed by atoms with E-state index in [2.05, 4.69) is 6.92 Å². The first-order chi connectivity index (χ1) is 13.2. The van der Waals surface area contributed by atoms with Crippen molar-refractivity contribution in [3.05, 3.63) is 0 Å². The van der Waals surface area contributed by atoms with Gasteiger partial charge in [-0.05, 0) is 6.42 Å². The number of unbranched alkanes of at least 4 members (excludes halogenated alkanes) is 10. The molecule has 8 heteroatoms. The van der Waals surface area contributed by atoms with Gasteiger partial charge in [-0.15, -0.1) is 0 Å². The van der Waals surface area contributed by atoms with Crippen molar-refractivity contribution in [3.8, 4) is 0 Å². The van der Waals surface area contributed by atoms with Crippen molar-refractivity contribution in [2.24, 2.45) is 0 Å². The zero-order valence-electron chi connectivity index (χ0n) is 16.8. The van der Waals surface area contributed by atoms with Crippen LogP contribution in [0.5, 0.6) is 0 Å². The maximum atomic E-state index is 11.8. The zero-order valence-corrected chi connectivity index (χ0v) is 16.8. The van der Waals surface area contributed by atoms with E-state index >= 15 is 0 Å². The smallest absolute Gasteiger partial charge is 0.335 e. The molecule has 0 spiro atoms. The molecule has 0 unspecified atom stereocenters. The lowest BCUT2D eigenvalue weighted by Gasteiger charge is -2.23. The monoisotopic (exact) mass is 404 g/mol. The maximum Gasteiger partial charge on any atom is 0.335 e. The molecule has 8 nitrogen and oxygen atoms in total. The Hall–Kier alpha value is -1.35. The Morgan fingerprint density at radius 2 is 1.04 bits per heavy atom. The quantitative estimate of drug-likeness (QED) is 0.170. The molecule has 0 aliphatic carbocycles. The Morgan fingerprint density at radius 3 is 1.46 bits per heavy atom. The summed E-state index contributed by atoms with van der Waals surface area (Å²) in [4.78, 5) is 34.1. The molecule has 0 amide bonds. The van der Waals surface area contributed by atoms with Crippen molar-refractivity contribution in [2.75, 3.05) is 0 Å². The Bertz CT molecular complexity index is 465. The summed E-state index contributed by atoms with van der Waals surface area (Å²) in [6.07, 6.45) is 2.67. The third-order valence-electron chi connectivity index (χ3n) is 4.80. The van der Waals surface area contributed by atoms with Gasteiger partial charge in [0.2, 0.25) is 11.6 Å². The van der Waals surface area contributed by atoms with Gasteiger partial charge in [0.25, 0.3) is 0 Å².